The Bertz CT molecular complexity index is 1350. The molecule has 0 aliphatic carbocycles. The molecule has 1 aliphatic rings. The standard InChI is InChI=1S/C30H35ClN2O5/c1-19-23(18-27(34)32-15-6-7-26(32)29(36)38-16-14-30(2,3)4)24-17-22(37-5)12-13-25(24)33(19)28(35)20-8-10-21(31)11-9-20/h8-13,17,26H,6-7,14-16,18H2,1-5H3/t26-/m0/s1. The number of carbonyl (C=O) groups excluding carboxylic acids is 3. The first kappa shape index (κ1) is 27.7. The Morgan fingerprint density at radius 2 is 1.79 bits per heavy atom. The molecule has 4 rings (SSSR count). The third kappa shape index (κ3) is 5.88. The summed E-state index contributed by atoms with van der Waals surface area (Å²) in [4.78, 5) is 41.6. The zero-order chi connectivity index (χ0) is 27.6. The van der Waals surface area contributed by atoms with Crippen molar-refractivity contribution in [2.75, 3.05) is 20.3 Å². The van der Waals surface area contributed by atoms with Gasteiger partial charge in [0.05, 0.1) is 25.7 Å². The van der Waals surface area contributed by atoms with Crippen molar-refractivity contribution >= 4 is 40.3 Å². The van der Waals surface area contributed by atoms with E-state index in [1.54, 1.807) is 46.9 Å². The van der Waals surface area contributed by atoms with Crippen LogP contribution in [0.4, 0.5) is 0 Å². The highest BCUT2D eigenvalue weighted by Gasteiger charge is 2.36. The number of likely N-dealkylation sites (tertiary alicyclic amines) is 1. The van der Waals surface area contributed by atoms with E-state index >= 15 is 0 Å². The number of halogens is 1. The van der Waals surface area contributed by atoms with E-state index < -0.39 is 6.04 Å². The number of rotatable bonds is 7. The van der Waals surface area contributed by atoms with Crippen LogP contribution >= 0.6 is 11.6 Å². The zero-order valence-corrected chi connectivity index (χ0v) is 23.4. The lowest BCUT2D eigenvalue weighted by molar-refractivity contribution is -0.153. The second-order valence-corrected chi connectivity index (χ2v) is 11.4. The fourth-order valence-corrected chi connectivity index (χ4v) is 5.04. The van der Waals surface area contributed by atoms with Gasteiger partial charge in [-0.25, -0.2) is 4.79 Å². The van der Waals surface area contributed by atoms with Crippen LogP contribution in [0.3, 0.4) is 0 Å². The molecule has 1 fully saturated rings. The average molecular weight is 539 g/mol. The number of nitrogens with zero attached hydrogens (tertiary/aromatic N) is 2. The fraction of sp³-hybridized carbons (Fsp3) is 0.433. The molecular weight excluding hydrogens is 504 g/mol. The third-order valence-corrected chi connectivity index (χ3v) is 7.36. The molecule has 0 N–H and O–H groups in total. The van der Waals surface area contributed by atoms with Gasteiger partial charge in [-0.15, -0.1) is 0 Å². The van der Waals surface area contributed by atoms with Crippen molar-refractivity contribution in [1.29, 1.82) is 0 Å². The van der Waals surface area contributed by atoms with Crippen molar-refractivity contribution in [1.82, 2.24) is 9.47 Å². The smallest absolute Gasteiger partial charge is 0.328 e. The predicted molar refractivity (Wildman–Crippen MR) is 148 cm³/mol. The van der Waals surface area contributed by atoms with Crippen molar-refractivity contribution < 1.29 is 23.9 Å². The van der Waals surface area contributed by atoms with Crippen molar-refractivity contribution in [2.45, 2.75) is 59.4 Å². The molecule has 8 heteroatoms. The van der Waals surface area contributed by atoms with Crippen LogP contribution in [0.15, 0.2) is 42.5 Å². The Balaban J connectivity index is 1.63. The van der Waals surface area contributed by atoms with Crippen molar-refractivity contribution in [2.24, 2.45) is 5.41 Å². The zero-order valence-electron chi connectivity index (χ0n) is 22.7. The van der Waals surface area contributed by atoms with Gasteiger partial charge in [0.2, 0.25) is 5.91 Å². The van der Waals surface area contributed by atoms with Gasteiger partial charge in [0.25, 0.3) is 5.91 Å². The number of benzene rings is 2. The predicted octanol–water partition coefficient (Wildman–Crippen LogP) is 5.81. The van der Waals surface area contributed by atoms with E-state index in [2.05, 4.69) is 20.8 Å². The van der Waals surface area contributed by atoms with Crippen LogP contribution in [0.2, 0.25) is 5.02 Å². The first-order valence-corrected chi connectivity index (χ1v) is 13.3. The Morgan fingerprint density at radius 3 is 2.45 bits per heavy atom. The van der Waals surface area contributed by atoms with E-state index in [4.69, 9.17) is 21.1 Å². The molecule has 3 aromatic rings. The Labute approximate surface area is 228 Å². The van der Waals surface area contributed by atoms with Crippen LogP contribution in [0.25, 0.3) is 10.9 Å². The molecule has 1 saturated heterocycles. The van der Waals surface area contributed by atoms with Gasteiger partial charge in [0.15, 0.2) is 0 Å². The van der Waals surface area contributed by atoms with Crippen LogP contribution in [0.5, 0.6) is 5.75 Å². The van der Waals surface area contributed by atoms with Gasteiger partial charge >= 0.3 is 5.97 Å². The number of hydrogen-bond donors (Lipinski definition) is 0. The molecule has 0 saturated carbocycles. The molecule has 0 spiro atoms. The fourth-order valence-electron chi connectivity index (χ4n) is 4.91. The van der Waals surface area contributed by atoms with Gasteiger partial charge in [0, 0.05) is 28.2 Å². The van der Waals surface area contributed by atoms with E-state index in [0.29, 0.717) is 47.1 Å². The van der Waals surface area contributed by atoms with Crippen molar-refractivity contribution in [3.8, 4) is 5.75 Å². The van der Waals surface area contributed by atoms with Crippen LogP contribution < -0.4 is 4.74 Å². The van der Waals surface area contributed by atoms with Crippen LogP contribution in [-0.2, 0) is 20.7 Å². The number of methoxy groups -OCH3 is 1. The number of esters is 1. The second kappa shape index (κ2) is 11.2. The van der Waals surface area contributed by atoms with Gasteiger partial charge in [-0.3, -0.25) is 14.2 Å². The molecular formula is C30H35ClN2O5. The number of aromatic nitrogens is 1. The Morgan fingerprint density at radius 1 is 1.08 bits per heavy atom. The normalized spacial score (nSPS) is 15.6. The molecule has 2 heterocycles. The van der Waals surface area contributed by atoms with E-state index in [0.717, 1.165) is 23.8 Å². The van der Waals surface area contributed by atoms with E-state index in [9.17, 15) is 14.4 Å². The maximum atomic E-state index is 13.6. The number of amides is 1. The summed E-state index contributed by atoms with van der Waals surface area (Å²) >= 11 is 6.02. The lowest BCUT2D eigenvalue weighted by Crippen LogP contribution is -2.42. The highest BCUT2D eigenvalue weighted by Crippen LogP contribution is 2.32. The van der Waals surface area contributed by atoms with Crippen LogP contribution in [0, 0.1) is 12.3 Å². The topological polar surface area (TPSA) is 77.8 Å². The van der Waals surface area contributed by atoms with E-state index in [1.807, 2.05) is 19.1 Å². The van der Waals surface area contributed by atoms with Gasteiger partial charge in [-0.2, -0.15) is 0 Å². The molecule has 1 aromatic heterocycles. The lowest BCUT2D eigenvalue weighted by atomic mass is 9.93. The van der Waals surface area contributed by atoms with Crippen LogP contribution in [-0.4, -0.2) is 53.6 Å². The quantitative estimate of drug-likeness (QED) is 0.355. The van der Waals surface area contributed by atoms with Crippen LogP contribution in [0.1, 0.15) is 61.6 Å². The first-order valence-electron chi connectivity index (χ1n) is 12.9. The van der Waals surface area contributed by atoms with Gasteiger partial charge in [-0.05, 0) is 79.6 Å². The van der Waals surface area contributed by atoms with E-state index in [1.165, 1.54) is 0 Å². The summed E-state index contributed by atoms with van der Waals surface area (Å²) in [6, 6.07) is 11.6. The molecule has 202 valence electrons. The van der Waals surface area contributed by atoms with Crippen molar-refractivity contribution in [3.63, 3.8) is 0 Å². The molecule has 0 bridgehead atoms. The molecule has 1 amide bonds. The summed E-state index contributed by atoms with van der Waals surface area (Å²) in [5.41, 5.74) is 2.64. The highest BCUT2D eigenvalue weighted by atomic mass is 35.5. The minimum absolute atomic E-state index is 0.0572. The maximum Gasteiger partial charge on any atom is 0.328 e. The van der Waals surface area contributed by atoms with Gasteiger partial charge < -0.3 is 14.4 Å². The highest BCUT2D eigenvalue weighted by molar-refractivity contribution is 6.30. The summed E-state index contributed by atoms with van der Waals surface area (Å²) in [6.45, 7) is 8.96. The number of hydrogen-bond acceptors (Lipinski definition) is 5. The minimum Gasteiger partial charge on any atom is -0.497 e. The SMILES string of the molecule is COc1ccc2c(c1)c(CC(=O)N1CCC[C@H]1C(=O)OCCC(C)(C)C)c(C)n2C(=O)c1ccc(Cl)cc1. The molecule has 0 unspecified atom stereocenters. The lowest BCUT2D eigenvalue weighted by Gasteiger charge is -2.24. The summed E-state index contributed by atoms with van der Waals surface area (Å²) in [5.74, 6) is -0.0960. The Kier molecular flexibility index (Phi) is 8.16. The summed E-state index contributed by atoms with van der Waals surface area (Å²) in [6.07, 6.45) is 2.14. The number of ether oxygens (including phenoxy) is 2. The number of fused-ring (bicyclic) bond motifs is 1. The Hall–Kier alpha value is -3.32. The second-order valence-electron chi connectivity index (χ2n) is 11.0. The van der Waals surface area contributed by atoms with E-state index in [-0.39, 0.29) is 29.6 Å². The average Bonchev–Trinajstić information content (AvgIpc) is 3.46. The molecule has 1 aliphatic heterocycles. The molecule has 7 nitrogen and oxygen atoms in total. The third-order valence-electron chi connectivity index (χ3n) is 7.11. The molecule has 0 radical (unpaired) electrons. The molecule has 38 heavy (non-hydrogen) atoms. The molecule has 1 atom stereocenters. The minimum atomic E-state index is -0.582. The van der Waals surface area contributed by atoms with Gasteiger partial charge in [-0.1, -0.05) is 32.4 Å². The maximum absolute atomic E-state index is 13.6. The monoisotopic (exact) mass is 538 g/mol. The summed E-state index contributed by atoms with van der Waals surface area (Å²) < 4.78 is 12.6. The largest absolute Gasteiger partial charge is 0.497 e. The number of carbonyl (C=O) groups is 3. The molecule has 2 aromatic carbocycles. The van der Waals surface area contributed by atoms with Gasteiger partial charge in [0.1, 0.15) is 11.8 Å². The summed E-state index contributed by atoms with van der Waals surface area (Å²) in [5, 5.41) is 1.31. The summed E-state index contributed by atoms with van der Waals surface area (Å²) in [7, 11) is 1.58. The first-order chi connectivity index (χ1) is 18.0. The van der Waals surface area contributed by atoms with Crippen molar-refractivity contribution in [3.05, 3.63) is 64.3 Å².